The molecule has 2 heteroatoms. The Kier molecular flexibility index (Phi) is 5.21. The molecule has 2 rings (SSSR count). The molecular weight excluding hydrogens is 220 g/mol. The summed E-state index contributed by atoms with van der Waals surface area (Å²) in [6.45, 7) is 10.4. The van der Waals surface area contributed by atoms with Crippen molar-refractivity contribution in [1.82, 2.24) is 10.2 Å². The first-order valence-electron chi connectivity index (χ1n) is 7.26. The molecule has 0 amide bonds. The molecule has 0 atom stereocenters. The van der Waals surface area contributed by atoms with E-state index >= 15 is 0 Å². The van der Waals surface area contributed by atoms with E-state index in [2.05, 4.69) is 48.3 Å². The van der Waals surface area contributed by atoms with Crippen molar-refractivity contribution in [3.05, 3.63) is 35.4 Å². The van der Waals surface area contributed by atoms with Gasteiger partial charge in [0.15, 0.2) is 0 Å². The monoisotopic (exact) mass is 246 g/mol. The smallest absolute Gasteiger partial charge is 0.0233 e. The van der Waals surface area contributed by atoms with Gasteiger partial charge in [0, 0.05) is 13.1 Å². The molecule has 1 fully saturated rings. The van der Waals surface area contributed by atoms with Crippen LogP contribution in [-0.4, -0.2) is 31.1 Å². The summed E-state index contributed by atoms with van der Waals surface area (Å²) in [5.74, 6) is 0.885. The van der Waals surface area contributed by atoms with E-state index in [0.29, 0.717) is 0 Å². The minimum Gasteiger partial charge on any atom is -0.317 e. The normalized spacial score (nSPS) is 17.3. The Labute approximate surface area is 111 Å². The minimum absolute atomic E-state index is 0.885. The quantitative estimate of drug-likeness (QED) is 0.859. The van der Waals surface area contributed by atoms with Crippen molar-refractivity contribution in [2.75, 3.05) is 26.2 Å². The minimum atomic E-state index is 0.885. The molecule has 0 aromatic heterocycles. The topological polar surface area (TPSA) is 15.3 Å². The number of nitrogens with one attached hydrogen (secondary N) is 1. The van der Waals surface area contributed by atoms with Crippen LogP contribution >= 0.6 is 0 Å². The van der Waals surface area contributed by atoms with Gasteiger partial charge in [0.1, 0.15) is 0 Å². The molecule has 0 spiro atoms. The third kappa shape index (κ3) is 4.11. The average molecular weight is 246 g/mol. The third-order valence-corrected chi connectivity index (χ3v) is 3.91. The van der Waals surface area contributed by atoms with Crippen molar-refractivity contribution in [2.24, 2.45) is 5.92 Å². The molecule has 1 aromatic carbocycles. The van der Waals surface area contributed by atoms with Gasteiger partial charge in [-0.25, -0.2) is 0 Å². The second kappa shape index (κ2) is 6.91. The molecule has 2 nitrogen and oxygen atoms in total. The predicted molar refractivity (Wildman–Crippen MR) is 77.7 cm³/mol. The number of benzene rings is 1. The van der Waals surface area contributed by atoms with Gasteiger partial charge in [0.25, 0.3) is 0 Å². The van der Waals surface area contributed by atoms with Gasteiger partial charge in [0.2, 0.25) is 0 Å². The van der Waals surface area contributed by atoms with Crippen LogP contribution in [-0.2, 0) is 6.54 Å². The van der Waals surface area contributed by atoms with E-state index in [1.54, 1.807) is 0 Å². The molecule has 1 aliphatic rings. The van der Waals surface area contributed by atoms with E-state index in [1.165, 1.54) is 43.6 Å². The summed E-state index contributed by atoms with van der Waals surface area (Å²) in [5, 5.41) is 3.44. The fraction of sp³-hybridized carbons (Fsp3) is 0.625. The van der Waals surface area contributed by atoms with Crippen LogP contribution in [0.25, 0.3) is 0 Å². The number of aryl methyl sites for hydroxylation is 1. The van der Waals surface area contributed by atoms with Crippen LogP contribution in [0, 0.1) is 12.8 Å². The standard InChI is InChI=1S/C16H26N2/c1-3-18(12-15-7-9-17-10-8-15)13-16-6-4-5-14(2)11-16/h4-6,11,15,17H,3,7-10,12-13H2,1-2H3. The van der Waals surface area contributed by atoms with Gasteiger partial charge >= 0.3 is 0 Å². The molecule has 1 heterocycles. The van der Waals surface area contributed by atoms with Crippen molar-refractivity contribution in [3.8, 4) is 0 Å². The van der Waals surface area contributed by atoms with Gasteiger partial charge in [0.05, 0.1) is 0 Å². The predicted octanol–water partition coefficient (Wildman–Crippen LogP) is 2.82. The maximum absolute atomic E-state index is 3.44. The molecule has 0 radical (unpaired) electrons. The number of piperidine rings is 1. The van der Waals surface area contributed by atoms with Crippen molar-refractivity contribution in [3.63, 3.8) is 0 Å². The summed E-state index contributed by atoms with van der Waals surface area (Å²) in [5.41, 5.74) is 2.82. The highest BCUT2D eigenvalue weighted by Crippen LogP contribution is 2.15. The molecule has 0 bridgehead atoms. The molecule has 1 aliphatic heterocycles. The SMILES string of the molecule is CCN(Cc1cccc(C)c1)CC1CCNCC1. The van der Waals surface area contributed by atoms with Crippen LogP contribution in [0.3, 0.4) is 0 Å². The molecule has 1 N–H and O–H groups in total. The van der Waals surface area contributed by atoms with E-state index in [4.69, 9.17) is 0 Å². The molecule has 0 aliphatic carbocycles. The summed E-state index contributed by atoms with van der Waals surface area (Å²) < 4.78 is 0. The van der Waals surface area contributed by atoms with Crippen LogP contribution in [0.2, 0.25) is 0 Å². The van der Waals surface area contributed by atoms with Gasteiger partial charge in [-0.3, -0.25) is 4.90 Å². The van der Waals surface area contributed by atoms with E-state index in [0.717, 1.165) is 19.0 Å². The lowest BCUT2D eigenvalue weighted by Crippen LogP contribution is -2.35. The van der Waals surface area contributed by atoms with Gasteiger partial charge in [-0.15, -0.1) is 0 Å². The summed E-state index contributed by atoms with van der Waals surface area (Å²) in [6.07, 6.45) is 2.68. The lowest BCUT2D eigenvalue weighted by atomic mass is 9.97. The zero-order chi connectivity index (χ0) is 12.8. The molecule has 1 saturated heterocycles. The Hall–Kier alpha value is -0.860. The van der Waals surface area contributed by atoms with Crippen LogP contribution in [0.1, 0.15) is 30.9 Å². The highest BCUT2D eigenvalue weighted by atomic mass is 15.1. The molecule has 0 saturated carbocycles. The fourth-order valence-electron chi connectivity index (χ4n) is 2.80. The Balaban J connectivity index is 1.88. The Bertz CT molecular complexity index is 356. The van der Waals surface area contributed by atoms with Crippen LogP contribution in [0.4, 0.5) is 0 Å². The van der Waals surface area contributed by atoms with Crippen molar-refractivity contribution >= 4 is 0 Å². The van der Waals surface area contributed by atoms with Crippen molar-refractivity contribution in [1.29, 1.82) is 0 Å². The number of rotatable bonds is 5. The molecular formula is C16H26N2. The number of hydrogen-bond acceptors (Lipinski definition) is 2. The molecule has 1 aromatic rings. The Morgan fingerprint density at radius 3 is 2.72 bits per heavy atom. The first-order chi connectivity index (χ1) is 8.78. The highest BCUT2D eigenvalue weighted by Gasteiger charge is 2.16. The summed E-state index contributed by atoms with van der Waals surface area (Å²) in [6, 6.07) is 8.90. The first kappa shape index (κ1) is 13.6. The first-order valence-corrected chi connectivity index (χ1v) is 7.26. The Morgan fingerprint density at radius 2 is 2.06 bits per heavy atom. The Morgan fingerprint density at radius 1 is 1.28 bits per heavy atom. The third-order valence-electron chi connectivity index (χ3n) is 3.91. The molecule has 0 unspecified atom stereocenters. The zero-order valence-electron chi connectivity index (χ0n) is 11.8. The lowest BCUT2D eigenvalue weighted by Gasteiger charge is -2.29. The van der Waals surface area contributed by atoms with E-state index in [9.17, 15) is 0 Å². The number of hydrogen-bond donors (Lipinski definition) is 1. The lowest BCUT2D eigenvalue weighted by molar-refractivity contribution is 0.207. The van der Waals surface area contributed by atoms with E-state index < -0.39 is 0 Å². The van der Waals surface area contributed by atoms with Crippen molar-refractivity contribution < 1.29 is 0 Å². The second-order valence-electron chi connectivity index (χ2n) is 5.51. The number of nitrogens with zero attached hydrogens (tertiary/aromatic N) is 1. The molecule has 18 heavy (non-hydrogen) atoms. The largest absolute Gasteiger partial charge is 0.317 e. The summed E-state index contributed by atoms with van der Waals surface area (Å²) >= 11 is 0. The van der Waals surface area contributed by atoms with Crippen molar-refractivity contribution in [2.45, 2.75) is 33.2 Å². The van der Waals surface area contributed by atoms with Gasteiger partial charge < -0.3 is 5.32 Å². The molecule has 100 valence electrons. The maximum atomic E-state index is 3.44. The maximum Gasteiger partial charge on any atom is 0.0233 e. The van der Waals surface area contributed by atoms with Crippen LogP contribution in [0.5, 0.6) is 0 Å². The second-order valence-corrected chi connectivity index (χ2v) is 5.51. The summed E-state index contributed by atoms with van der Waals surface area (Å²) in [7, 11) is 0. The van der Waals surface area contributed by atoms with Gasteiger partial charge in [-0.2, -0.15) is 0 Å². The van der Waals surface area contributed by atoms with Gasteiger partial charge in [-0.05, 0) is 50.9 Å². The zero-order valence-corrected chi connectivity index (χ0v) is 11.8. The fourth-order valence-corrected chi connectivity index (χ4v) is 2.80. The average Bonchev–Trinajstić information content (AvgIpc) is 2.39. The van der Waals surface area contributed by atoms with Crippen LogP contribution < -0.4 is 5.32 Å². The highest BCUT2D eigenvalue weighted by molar-refractivity contribution is 5.22. The summed E-state index contributed by atoms with van der Waals surface area (Å²) in [4.78, 5) is 2.59. The van der Waals surface area contributed by atoms with E-state index in [1.807, 2.05) is 0 Å². The van der Waals surface area contributed by atoms with E-state index in [-0.39, 0.29) is 0 Å². The van der Waals surface area contributed by atoms with Crippen LogP contribution in [0.15, 0.2) is 24.3 Å². The van der Waals surface area contributed by atoms with Gasteiger partial charge in [-0.1, -0.05) is 36.8 Å².